The van der Waals surface area contributed by atoms with E-state index in [9.17, 15) is 9.59 Å². The van der Waals surface area contributed by atoms with Crippen molar-refractivity contribution in [3.8, 4) is 5.75 Å². The summed E-state index contributed by atoms with van der Waals surface area (Å²) < 4.78 is 10.5. The summed E-state index contributed by atoms with van der Waals surface area (Å²) in [4.78, 5) is 27.8. The van der Waals surface area contributed by atoms with Crippen LogP contribution in [0.4, 0.5) is 5.82 Å². The molecule has 3 rings (SSSR count). The number of benzene rings is 1. The Hall–Kier alpha value is -2.57. The number of nitrogens with one attached hydrogen (secondary N) is 1. The number of carbonyl (C=O) groups excluding carboxylic acids is 2. The van der Waals surface area contributed by atoms with Crippen molar-refractivity contribution in [2.24, 2.45) is 0 Å². The molecule has 0 unspecified atom stereocenters. The molecule has 0 fully saturated rings. The number of nitrogens with zero attached hydrogens (tertiary/aromatic N) is 1. The number of anilines is 1. The number of halogens is 2. The molecular weight excluding hydrogens is 367 g/mol. The van der Waals surface area contributed by atoms with E-state index in [2.05, 4.69) is 10.3 Å². The molecule has 0 aliphatic carbocycles. The molecule has 2 aromatic rings. The number of esters is 1. The molecule has 8 heteroatoms. The number of hydrogen-bond donors (Lipinski definition) is 1. The Morgan fingerprint density at radius 1 is 1.28 bits per heavy atom. The molecule has 1 aromatic heterocycles. The number of aromatic nitrogens is 1. The van der Waals surface area contributed by atoms with Crippen molar-refractivity contribution in [3.05, 3.63) is 57.7 Å². The highest BCUT2D eigenvalue weighted by Crippen LogP contribution is 2.26. The number of hydrogen-bond acceptors (Lipinski definition) is 5. The first-order chi connectivity index (χ1) is 12.0. The van der Waals surface area contributed by atoms with Crippen LogP contribution >= 0.6 is 23.2 Å². The highest BCUT2D eigenvalue weighted by atomic mass is 35.5. The topological polar surface area (TPSA) is 77.5 Å². The van der Waals surface area contributed by atoms with Gasteiger partial charge in [-0.15, -0.1) is 0 Å². The van der Waals surface area contributed by atoms with Crippen LogP contribution in [0.5, 0.6) is 5.75 Å². The largest absolute Gasteiger partial charge is 0.488 e. The SMILES string of the molecule is O=C(COC(=O)C1=Cc2ccccc2OC1)Nc1ncc(Cl)cc1Cl. The molecule has 0 saturated carbocycles. The summed E-state index contributed by atoms with van der Waals surface area (Å²) in [7, 11) is 0. The van der Waals surface area contributed by atoms with Crippen molar-refractivity contribution in [1.29, 1.82) is 0 Å². The maximum absolute atomic E-state index is 12.1. The lowest BCUT2D eigenvalue weighted by molar-refractivity contribution is -0.143. The maximum atomic E-state index is 12.1. The second-order valence-electron chi connectivity index (χ2n) is 5.10. The molecule has 25 heavy (non-hydrogen) atoms. The number of pyridine rings is 1. The molecule has 0 saturated heterocycles. The molecule has 0 spiro atoms. The van der Waals surface area contributed by atoms with E-state index in [1.54, 1.807) is 6.08 Å². The molecule has 128 valence electrons. The van der Waals surface area contributed by atoms with Crippen molar-refractivity contribution < 1.29 is 19.1 Å². The predicted octanol–water partition coefficient (Wildman–Crippen LogP) is 3.35. The number of fused-ring (bicyclic) bond motifs is 1. The number of ether oxygens (including phenoxy) is 2. The molecule has 6 nitrogen and oxygen atoms in total. The highest BCUT2D eigenvalue weighted by molar-refractivity contribution is 6.36. The Bertz CT molecular complexity index is 867. The van der Waals surface area contributed by atoms with Crippen LogP contribution in [0.2, 0.25) is 10.0 Å². The van der Waals surface area contributed by atoms with E-state index in [4.69, 9.17) is 32.7 Å². The summed E-state index contributed by atoms with van der Waals surface area (Å²) in [5, 5.41) is 2.98. The zero-order chi connectivity index (χ0) is 17.8. The van der Waals surface area contributed by atoms with Gasteiger partial charge in [0.15, 0.2) is 12.4 Å². The number of carbonyl (C=O) groups is 2. The molecule has 2 heterocycles. The smallest absolute Gasteiger partial charge is 0.338 e. The summed E-state index contributed by atoms with van der Waals surface area (Å²) >= 11 is 11.6. The van der Waals surface area contributed by atoms with E-state index < -0.39 is 18.5 Å². The summed E-state index contributed by atoms with van der Waals surface area (Å²) in [6.07, 6.45) is 3.02. The lowest BCUT2D eigenvalue weighted by Gasteiger charge is -2.16. The van der Waals surface area contributed by atoms with E-state index >= 15 is 0 Å². The van der Waals surface area contributed by atoms with Gasteiger partial charge in [0.25, 0.3) is 5.91 Å². The van der Waals surface area contributed by atoms with Gasteiger partial charge in [0.05, 0.1) is 15.6 Å². The quantitative estimate of drug-likeness (QED) is 0.825. The van der Waals surface area contributed by atoms with Crippen LogP contribution in [0.15, 0.2) is 42.1 Å². The van der Waals surface area contributed by atoms with E-state index in [0.717, 1.165) is 5.56 Å². The zero-order valence-corrected chi connectivity index (χ0v) is 14.3. The first-order valence-electron chi connectivity index (χ1n) is 7.23. The van der Waals surface area contributed by atoms with E-state index in [-0.39, 0.29) is 17.4 Å². The lowest BCUT2D eigenvalue weighted by Crippen LogP contribution is -2.24. The van der Waals surface area contributed by atoms with Gasteiger partial charge in [-0.25, -0.2) is 9.78 Å². The average molecular weight is 379 g/mol. The number of rotatable bonds is 4. The van der Waals surface area contributed by atoms with Gasteiger partial charge in [-0.3, -0.25) is 4.79 Å². The van der Waals surface area contributed by atoms with Gasteiger partial charge in [-0.1, -0.05) is 41.4 Å². The summed E-state index contributed by atoms with van der Waals surface area (Å²) in [5.74, 6) is -0.357. The summed E-state index contributed by atoms with van der Waals surface area (Å²) in [5.41, 5.74) is 1.11. The van der Waals surface area contributed by atoms with Gasteiger partial charge in [0.2, 0.25) is 0 Å². The molecule has 0 atom stereocenters. The second-order valence-corrected chi connectivity index (χ2v) is 5.95. The Kier molecular flexibility index (Phi) is 5.21. The fraction of sp³-hybridized carbons (Fsp3) is 0.118. The Labute approximate surface area is 153 Å². The van der Waals surface area contributed by atoms with Gasteiger partial charge in [-0.2, -0.15) is 0 Å². The van der Waals surface area contributed by atoms with Gasteiger partial charge in [0.1, 0.15) is 12.4 Å². The molecular formula is C17H12Cl2N2O4. The second kappa shape index (κ2) is 7.55. The third-order valence-electron chi connectivity index (χ3n) is 3.29. The standard InChI is InChI=1S/C17H12Cl2N2O4/c18-12-6-13(19)16(20-7-12)21-15(22)9-25-17(23)11-5-10-3-1-2-4-14(10)24-8-11/h1-7H,8-9H2,(H,20,21,22). The normalized spacial score (nSPS) is 12.5. The van der Waals surface area contributed by atoms with Crippen LogP contribution < -0.4 is 10.1 Å². The minimum atomic E-state index is -0.625. The number of para-hydroxylation sites is 1. The van der Waals surface area contributed by atoms with Crippen LogP contribution in [0.3, 0.4) is 0 Å². The predicted molar refractivity (Wildman–Crippen MR) is 93.8 cm³/mol. The zero-order valence-electron chi connectivity index (χ0n) is 12.8. The van der Waals surface area contributed by atoms with Crippen LogP contribution in [0.25, 0.3) is 6.08 Å². The fourth-order valence-corrected chi connectivity index (χ4v) is 2.56. The maximum Gasteiger partial charge on any atom is 0.338 e. The Balaban J connectivity index is 1.57. The van der Waals surface area contributed by atoms with Crippen LogP contribution in [0, 0.1) is 0 Å². The van der Waals surface area contributed by atoms with E-state index in [1.807, 2.05) is 24.3 Å². The Morgan fingerprint density at radius 2 is 2.08 bits per heavy atom. The van der Waals surface area contributed by atoms with Crippen molar-refractivity contribution in [2.45, 2.75) is 0 Å². The van der Waals surface area contributed by atoms with Crippen molar-refractivity contribution in [2.75, 3.05) is 18.5 Å². The lowest BCUT2D eigenvalue weighted by atomic mass is 10.1. The summed E-state index contributed by atoms with van der Waals surface area (Å²) in [6, 6.07) is 8.76. The van der Waals surface area contributed by atoms with E-state index in [1.165, 1.54) is 12.3 Å². The van der Waals surface area contributed by atoms with Crippen LogP contribution in [-0.4, -0.2) is 30.1 Å². The van der Waals surface area contributed by atoms with Crippen LogP contribution in [0.1, 0.15) is 5.56 Å². The minimum Gasteiger partial charge on any atom is -0.488 e. The molecule has 0 bridgehead atoms. The van der Waals surface area contributed by atoms with Gasteiger partial charge >= 0.3 is 5.97 Å². The molecule has 1 aliphatic rings. The molecule has 1 N–H and O–H groups in total. The van der Waals surface area contributed by atoms with E-state index in [0.29, 0.717) is 16.3 Å². The van der Waals surface area contributed by atoms with Gasteiger partial charge in [0, 0.05) is 11.8 Å². The van der Waals surface area contributed by atoms with Crippen molar-refractivity contribution in [3.63, 3.8) is 0 Å². The molecule has 0 radical (unpaired) electrons. The highest BCUT2D eigenvalue weighted by Gasteiger charge is 2.19. The third-order valence-corrected chi connectivity index (χ3v) is 3.79. The average Bonchev–Trinajstić information content (AvgIpc) is 2.61. The number of amides is 1. The summed E-state index contributed by atoms with van der Waals surface area (Å²) in [6.45, 7) is -0.388. The molecule has 1 amide bonds. The Morgan fingerprint density at radius 3 is 2.88 bits per heavy atom. The van der Waals surface area contributed by atoms with Gasteiger partial charge < -0.3 is 14.8 Å². The third kappa shape index (κ3) is 4.29. The first kappa shape index (κ1) is 17.3. The van der Waals surface area contributed by atoms with Gasteiger partial charge in [-0.05, 0) is 18.2 Å². The molecule has 1 aromatic carbocycles. The first-order valence-corrected chi connectivity index (χ1v) is 7.99. The van der Waals surface area contributed by atoms with Crippen LogP contribution in [-0.2, 0) is 14.3 Å². The molecule has 1 aliphatic heterocycles. The van der Waals surface area contributed by atoms with Crippen molar-refractivity contribution in [1.82, 2.24) is 4.98 Å². The van der Waals surface area contributed by atoms with Crippen molar-refractivity contribution >= 4 is 47.0 Å². The minimum absolute atomic E-state index is 0.0854. The fourth-order valence-electron chi connectivity index (χ4n) is 2.13. The monoisotopic (exact) mass is 378 g/mol.